The van der Waals surface area contributed by atoms with Crippen molar-refractivity contribution in [3.05, 3.63) is 101 Å². The summed E-state index contributed by atoms with van der Waals surface area (Å²) in [4.78, 5) is 38.7. The SMILES string of the molecule is CC(=O)Nc1ccc(N2C(=O)C(=O)/C(=C(/O)c3ccc(F)cc3)C2c2ccccc2)cc1. The van der Waals surface area contributed by atoms with Crippen molar-refractivity contribution in [1.82, 2.24) is 0 Å². The van der Waals surface area contributed by atoms with Gasteiger partial charge in [0.1, 0.15) is 11.6 Å². The zero-order valence-electron chi connectivity index (χ0n) is 17.1. The molecule has 2 amide bonds. The number of Topliss-reactive ketones (excluding diaryl/α,β-unsaturated/α-hetero) is 1. The summed E-state index contributed by atoms with van der Waals surface area (Å²) >= 11 is 0. The topological polar surface area (TPSA) is 86.7 Å². The lowest BCUT2D eigenvalue weighted by Crippen LogP contribution is -2.29. The van der Waals surface area contributed by atoms with Gasteiger partial charge in [0, 0.05) is 23.9 Å². The maximum Gasteiger partial charge on any atom is 0.300 e. The summed E-state index contributed by atoms with van der Waals surface area (Å²) in [5, 5.41) is 13.6. The van der Waals surface area contributed by atoms with Crippen LogP contribution in [0.25, 0.3) is 5.76 Å². The summed E-state index contributed by atoms with van der Waals surface area (Å²) in [5.74, 6) is -2.74. The predicted molar refractivity (Wildman–Crippen MR) is 118 cm³/mol. The average Bonchev–Trinajstić information content (AvgIpc) is 3.05. The zero-order chi connectivity index (χ0) is 22.8. The van der Waals surface area contributed by atoms with Gasteiger partial charge in [0.25, 0.3) is 11.7 Å². The van der Waals surface area contributed by atoms with E-state index in [4.69, 9.17) is 0 Å². The van der Waals surface area contributed by atoms with Gasteiger partial charge in [0.2, 0.25) is 5.91 Å². The van der Waals surface area contributed by atoms with Gasteiger partial charge in [-0.15, -0.1) is 0 Å². The van der Waals surface area contributed by atoms with E-state index in [2.05, 4.69) is 5.32 Å². The van der Waals surface area contributed by atoms with Gasteiger partial charge in [-0.3, -0.25) is 19.3 Å². The molecular formula is C25H19FN2O4. The van der Waals surface area contributed by atoms with Crippen molar-refractivity contribution in [3.63, 3.8) is 0 Å². The Morgan fingerprint density at radius 1 is 0.938 bits per heavy atom. The van der Waals surface area contributed by atoms with Crippen LogP contribution in [0, 0.1) is 5.82 Å². The third-order valence-corrected chi connectivity index (χ3v) is 5.14. The molecule has 0 radical (unpaired) electrons. The fourth-order valence-electron chi connectivity index (χ4n) is 3.72. The van der Waals surface area contributed by atoms with Crippen molar-refractivity contribution in [2.24, 2.45) is 0 Å². The van der Waals surface area contributed by atoms with Gasteiger partial charge in [-0.05, 0) is 54.1 Å². The summed E-state index contributed by atoms with van der Waals surface area (Å²) in [6, 6.07) is 19.5. The van der Waals surface area contributed by atoms with Crippen LogP contribution in [0.4, 0.5) is 15.8 Å². The maximum absolute atomic E-state index is 13.3. The van der Waals surface area contributed by atoms with E-state index in [0.29, 0.717) is 16.9 Å². The van der Waals surface area contributed by atoms with Crippen molar-refractivity contribution < 1.29 is 23.9 Å². The van der Waals surface area contributed by atoms with Crippen LogP contribution in [0.15, 0.2) is 84.4 Å². The lowest BCUT2D eigenvalue weighted by Gasteiger charge is -2.25. The standard InChI is InChI=1S/C25H19FN2O4/c1-15(29)27-19-11-13-20(14-12-19)28-22(16-5-3-2-4-6-16)21(24(31)25(28)32)23(30)17-7-9-18(26)10-8-17/h2-14,22,30H,1H3,(H,27,29)/b23-21+. The molecule has 160 valence electrons. The first-order chi connectivity index (χ1) is 15.4. The molecule has 1 aliphatic heterocycles. The van der Waals surface area contributed by atoms with Gasteiger partial charge in [-0.1, -0.05) is 30.3 Å². The van der Waals surface area contributed by atoms with E-state index in [1.165, 1.54) is 36.1 Å². The number of nitrogens with one attached hydrogen (secondary N) is 1. The lowest BCUT2D eigenvalue weighted by molar-refractivity contribution is -0.132. The Morgan fingerprint density at radius 3 is 2.16 bits per heavy atom. The maximum atomic E-state index is 13.3. The Kier molecular flexibility index (Phi) is 5.55. The van der Waals surface area contributed by atoms with Crippen LogP contribution in [-0.2, 0) is 14.4 Å². The number of aliphatic hydroxyl groups excluding tert-OH is 1. The number of hydrogen-bond donors (Lipinski definition) is 2. The van der Waals surface area contributed by atoms with E-state index in [-0.39, 0.29) is 22.8 Å². The molecule has 1 atom stereocenters. The highest BCUT2D eigenvalue weighted by atomic mass is 19.1. The van der Waals surface area contributed by atoms with E-state index in [9.17, 15) is 23.9 Å². The smallest absolute Gasteiger partial charge is 0.300 e. The minimum Gasteiger partial charge on any atom is -0.507 e. The highest BCUT2D eigenvalue weighted by Gasteiger charge is 2.46. The van der Waals surface area contributed by atoms with Crippen LogP contribution in [0.5, 0.6) is 0 Å². The summed E-state index contributed by atoms with van der Waals surface area (Å²) in [7, 11) is 0. The summed E-state index contributed by atoms with van der Waals surface area (Å²) in [5.41, 5.74) is 1.74. The molecule has 1 aliphatic rings. The van der Waals surface area contributed by atoms with E-state index in [1.54, 1.807) is 54.6 Å². The first-order valence-corrected chi connectivity index (χ1v) is 9.86. The number of rotatable bonds is 4. The molecular weight excluding hydrogens is 411 g/mol. The van der Waals surface area contributed by atoms with E-state index in [0.717, 1.165) is 0 Å². The molecule has 0 bridgehead atoms. The average molecular weight is 430 g/mol. The predicted octanol–water partition coefficient (Wildman–Crippen LogP) is 4.41. The second-order valence-corrected chi connectivity index (χ2v) is 7.31. The fourth-order valence-corrected chi connectivity index (χ4v) is 3.72. The van der Waals surface area contributed by atoms with Gasteiger partial charge in [-0.25, -0.2) is 4.39 Å². The summed E-state index contributed by atoms with van der Waals surface area (Å²) in [6.45, 7) is 1.39. The van der Waals surface area contributed by atoms with Gasteiger partial charge in [0.15, 0.2) is 0 Å². The van der Waals surface area contributed by atoms with Crippen LogP contribution >= 0.6 is 0 Å². The number of benzene rings is 3. The monoisotopic (exact) mass is 430 g/mol. The Labute approximate surface area is 183 Å². The number of anilines is 2. The summed E-state index contributed by atoms with van der Waals surface area (Å²) < 4.78 is 13.3. The molecule has 0 saturated carbocycles. The zero-order valence-corrected chi connectivity index (χ0v) is 17.1. The van der Waals surface area contributed by atoms with Gasteiger partial charge >= 0.3 is 0 Å². The minimum absolute atomic E-state index is 0.0845. The number of carbonyl (C=O) groups excluding carboxylic acids is 3. The number of ketones is 1. The molecule has 0 aliphatic carbocycles. The van der Waals surface area contributed by atoms with Crippen molar-refractivity contribution >= 4 is 34.7 Å². The van der Waals surface area contributed by atoms with Crippen LogP contribution in [0.1, 0.15) is 24.1 Å². The number of halogens is 1. The molecule has 1 saturated heterocycles. The van der Waals surface area contributed by atoms with Crippen molar-refractivity contribution in [2.45, 2.75) is 13.0 Å². The highest BCUT2D eigenvalue weighted by Crippen LogP contribution is 2.42. The van der Waals surface area contributed by atoms with Crippen LogP contribution in [0.3, 0.4) is 0 Å². The molecule has 3 aromatic carbocycles. The molecule has 4 rings (SSSR count). The molecule has 7 heteroatoms. The second kappa shape index (κ2) is 8.47. The Bertz CT molecular complexity index is 1220. The van der Waals surface area contributed by atoms with Crippen molar-refractivity contribution in [2.75, 3.05) is 10.2 Å². The van der Waals surface area contributed by atoms with Gasteiger partial charge < -0.3 is 10.4 Å². The summed E-state index contributed by atoms with van der Waals surface area (Å²) in [6.07, 6.45) is 0. The normalized spacial score (nSPS) is 17.4. The van der Waals surface area contributed by atoms with Crippen molar-refractivity contribution in [1.29, 1.82) is 0 Å². The molecule has 3 aromatic rings. The van der Waals surface area contributed by atoms with E-state index < -0.39 is 23.5 Å². The van der Waals surface area contributed by atoms with E-state index >= 15 is 0 Å². The molecule has 2 N–H and O–H groups in total. The van der Waals surface area contributed by atoms with Crippen LogP contribution in [0.2, 0.25) is 0 Å². The van der Waals surface area contributed by atoms with E-state index in [1.807, 2.05) is 0 Å². The number of carbonyl (C=O) groups is 3. The lowest BCUT2D eigenvalue weighted by atomic mass is 9.95. The second-order valence-electron chi connectivity index (χ2n) is 7.31. The Morgan fingerprint density at radius 2 is 1.56 bits per heavy atom. The number of hydrogen-bond acceptors (Lipinski definition) is 4. The van der Waals surface area contributed by atoms with Gasteiger partial charge in [0.05, 0.1) is 11.6 Å². The number of amides is 2. The molecule has 1 unspecified atom stereocenters. The van der Waals surface area contributed by atoms with Crippen LogP contribution in [-0.4, -0.2) is 22.7 Å². The minimum atomic E-state index is -0.882. The molecule has 0 aromatic heterocycles. The molecule has 0 spiro atoms. The first-order valence-electron chi connectivity index (χ1n) is 9.86. The molecule has 1 heterocycles. The highest BCUT2D eigenvalue weighted by molar-refractivity contribution is 6.51. The number of nitrogens with zero attached hydrogens (tertiary/aromatic N) is 1. The fraction of sp³-hybridized carbons (Fsp3) is 0.0800. The Hall–Kier alpha value is -4.26. The molecule has 1 fully saturated rings. The molecule has 6 nitrogen and oxygen atoms in total. The third-order valence-electron chi connectivity index (χ3n) is 5.14. The van der Waals surface area contributed by atoms with Crippen LogP contribution < -0.4 is 10.2 Å². The Balaban J connectivity index is 1.85. The third kappa shape index (κ3) is 3.88. The molecule has 32 heavy (non-hydrogen) atoms. The van der Waals surface area contributed by atoms with Gasteiger partial charge in [-0.2, -0.15) is 0 Å². The quantitative estimate of drug-likeness (QED) is 0.365. The van der Waals surface area contributed by atoms with Crippen molar-refractivity contribution in [3.8, 4) is 0 Å². The first kappa shape index (κ1) is 21.0. The number of aliphatic hydroxyl groups is 1. The largest absolute Gasteiger partial charge is 0.507 e.